The van der Waals surface area contributed by atoms with Crippen LogP contribution in [0.2, 0.25) is 5.15 Å². The number of guanidine groups is 1. The van der Waals surface area contributed by atoms with Gasteiger partial charge in [-0.15, -0.1) is 0 Å². The highest BCUT2D eigenvalue weighted by atomic mass is 35.5. The minimum absolute atomic E-state index is 0.101. The zero-order valence-electron chi connectivity index (χ0n) is 39.0. The van der Waals surface area contributed by atoms with Crippen LogP contribution in [-0.4, -0.2) is 165 Å². The van der Waals surface area contributed by atoms with Gasteiger partial charge in [0.05, 0.1) is 31.6 Å². The molecule has 0 radical (unpaired) electrons. The molecule has 0 saturated carbocycles. The molecule has 71 heavy (non-hydrogen) atoms. The van der Waals surface area contributed by atoms with Gasteiger partial charge in [-0.2, -0.15) is 0 Å². The Balaban J connectivity index is 1.00. The Bertz CT molecular complexity index is 2220. The normalized spacial score (nSPS) is 22.8. The van der Waals surface area contributed by atoms with Crippen molar-refractivity contribution < 1.29 is 59.2 Å². The SMILES string of the molecule is NC(=NCCCCc1ccc(C[C@@H](NC=O)NCCCN(C[C@H](O)[C@@H](O)[C@@H]2OC(c3ccccc3)OC[C@H]2O)C[C@H](O)[C@@H](O)[C@@H]2OC(c3ccccc3)OC[C@H]2O)cc1)NC(=O)c1nc(Cl)c(N)nc1N. The summed E-state index contributed by atoms with van der Waals surface area (Å²) in [4.78, 5) is 37.6. The Morgan fingerprint density at radius 2 is 1.34 bits per heavy atom. The summed E-state index contributed by atoms with van der Waals surface area (Å²) in [6.45, 7) is 0.223. The van der Waals surface area contributed by atoms with E-state index in [4.69, 9.17) is 47.7 Å². The maximum atomic E-state index is 12.5. The van der Waals surface area contributed by atoms with Crippen LogP contribution >= 0.6 is 11.6 Å². The zero-order chi connectivity index (χ0) is 50.9. The van der Waals surface area contributed by atoms with Gasteiger partial charge in [0.15, 0.2) is 41.0 Å². The van der Waals surface area contributed by atoms with E-state index < -0.39 is 73.5 Å². The van der Waals surface area contributed by atoms with E-state index in [0.29, 0.717) is 49.9 Å². The summed E-state index contributed by atoms with van der Waals surface area (Å²) in [7, 11) is 0. The maximum absolute atomic E-state index is 12.5. The summed E-state index contributed by atoms with van der Waals surface area (Å²) in [6, 6.07) is 25.9. The Morgan fingerprint density at radius 1 is 0.789 bits per heavy atom. The molecule has 2 saturated heterocycles. The summed E-state index contributed by atoms with van der Waals surface area (Å²) in [5, 5.41) is 75.6. The fourth-order valence-corrected chi connectivity index (χ4v) is 8.25. The van der Waals surface area contributed by atoms with Crippen LogP contribution in [0, 0.1) is 0 Å². The largest absolute Gasteiger partial charge is 0.389 e. The molecule has 1 aromatic heterocycles. The van der Waals surface area contributed by atoms with Gasteiger partial charge in [0, 0.05) is 37.2 Å². The second-order valence-electron chi connectivity index (χ2n) is 17.3. The minimum atomic E-state index is -1.58. The lowest BCUT2D eigenvalue weighted by molar-refractivity contribution is -0.285. The highest BCUT2D eigenvalue weighted by Crippen LogP contribution is 2.31. The molecule has 2 fully saturated rings. The highest BCUT2D eigenvalue weighted by Gasteiger charge is 2.42. The van der Waals surface area contributed by atoms with Crippen molar-refractivity contribution in [2.75, 3.05) is 57.4 Å². The van der Waals surface area contributed by atoms with E-state index in [9.17, 15) is 40.2 Å². The molecule has 2 amide bonds. The molecule has 0 spiro atoms. The van der Waals surface area contributed by atoms with Crippen molar-refractivity contribution in [3.63, 3.8) is 0 Å². The van der Waals surface area contributed by atoms with Gasteiger partial charge in [-0.05, 0) is 49.9 Å². The number of aromatic nitrogens is 2. The number of hydrogen-bond donors (Lipinski definition) is 12. The molecule has 3 aromatic carbocycles. The molecule has 2 aliphatic heterocycles. The summed E-state index contributed by atoms with van der Waals surface area (Å²) >= 11 is 5.86. The maximum Gasteiger partial charge on any atom is 0.280 e. The first-order valence-corrected chi connectivity index (χ1v) is 23.7. The van der Waals surface area contributed by atoms with Gasteiger partial charge in [-0.3, -0.25) is 30.1 Å². The number of aliphatic hydroxyl groups is 6. The van der Waals surface area contributed by atoms with Crippen molar-refractivity contribution in [1.29, 1.82) is 0 Å². The van der Waals surface area contributed by atoms with Gasteiger partial charge in [0.1, 0.15) is 36.6 Å². The number of benzene rings is 3. The van der Waals surface area contributed by atoms with Crippen molar-refractivity contribution in [3.8, 4) is 0 Å². The van der Waals surface area contributed by atoms with Crippen LogP contribution in [0.4, 0.5) is 11.6 Å². The lowest BCUT2D eigenvalue weighted by atomic mass is 9.99. The number of aliphatic imine (C=N–C) groups is 1. The number of anilines is 2. The first kappa shape index (κ1) is 54.9. The number of nitrogen functional groups attached to an aromatic ring is 2. The van der Waals surface area contributed by atoms with E-state index >= 15 is 0 Å². The number of carbonyl (C=O) groups is 2. The molecule has 15 N–H and O–H groups in total. The van der Waals surface area contributed by atoms with Crippen LogP contribution in [-0.2, 0) is 36.6 Å². The minimum Gasteiger partial charge on any atom is -0.389 e. The van der Waals surface area contributed by atoms with Crippen molar-refractivity contribution in [2.24, 2.45) is 10.7 Å². The summed E-state index contributed by atoms with van der Waals surface area (Å²) < 4.78 is 23.2. The third-order valence-corrected chi connectivity index (χ3v) is 12.2. The summed E-state index contributed by atoms with van der Waals surface area (Å²) in [5.41, 5.74) is 20.3. The molecule has 386 valence electrons. The summed E-state index contributed by atoms with van der Waals surface area (Å²) in [6.07, 6.45) is -9.63. The predicted octanol–water partition coefficient (Wildman–Crippen LogP) is -0.348. The first-order valence-electron chi connectivity index (χ1n) is 23.4. The monoisotopic (exact) mass is 1010 g/mol. The molecule has 2 unspecified atom stereocenters. The number of halogens is 1. The standard InChI is InChI=1S/C48H65ClN10O12/c49-42-44(51)57-43(50)37(56-42)45(67)58-48(52)54-19-8-7-10-28-15-17-29(18-16-28)22-36(55-27-60)53-20-9-21-59(23-32(61)38(65)40-34(63)25-68-46(70-40)30-11-3-1-4-12-30)24-33(62)39(66)41-35(64)26-69-47(71-41)31-13-5-2-6-14-31/h1-6,11-18,27,32-36,38-41,46-47,53,61-66H,7-10,19-26H2,(H,55,60)(H4,50,51,57)(H3,52,54,58,67)/t32-,33-,34+,35+,36+,38+,39+,40+,41+,46?,47?/m0/s1. The third-order valence-electron chi connectivity index (χ3n) is 11.9. The van der Waals surface area contributed by atoms with E-state index in [-0.39, 0.29) is 61.3 Å². The Labute approximate surface area is 416 Å². The average molecular weight is 1010 g/mol. The van der Waals surface area contributed by atoms with Crippen LogP contribution in [0.25, 0.3) is 0 Å². The molecule has 0 bridgehead atoms. The van der Waals surface area contributed by atoms with Crippen LogP contribution < -0.4 is 33.2 Å². The van der Waals surface area contributed by atoms with Gasteiger partial charge in [0.25, 0.3) is 5.91 Å². The van der Waals surface area contributed by atoms with Crippen LogP contribution in [0.5, 0.6) is 0 Å². The van der Waals surface area contributed by atoms with Crippen LogP contribution in [0.15, 0.2) is 89.9 Å². The van der Waals surface area contributed by atoms with Gasteiger partial charge in [-0.25, -0.2) is 9.97 Å². The van der Waals surface area contributed by atoms with Gasteiger partial charge < -0.3 is 72.1 Å². The zero-order valence-corrected chi connectivity index (χ0v) is 39.8. The molecule has 6 rings (SSSR count). The van der Waals surface area contributed by atoms with E-state index in [0.717, 1.165) is 24.0 Å². The van der Waals surface area contributed by atoms with E-state index in [1.807, 2.05) is 36.4 Å². The van der Waals surface area contributed by atoms with E-state index in [1.54, 1.807) is 53.4 Å². The number of nitrogens with zero attached hydrogens (tertiary/aromatic N) is 4. The fraction of sp³-hybridized carbons (Fsp3) is 0.479. The molecular weight excluding hydrogens is 944 g/mol. The molecule has 2 aliphatic rings. The number of rotatable bonds is 25. The number of hydrogen-bond acceptors (Lipinski definition) is 19. The van der Waals surface area contributed by atoms with Crippen molar-refractivity contribution >= 4 is 41.5 Å². The molecule has 23 heteroatoms. The molecule has 3 heterocycles. The number of nitrogens with one attached hydrogen (secondary N) is 3. The number of nitrogens with two attached hydrogens (primary N) is 3. The van der Waals surface area contributed by atoms with Gasteiger partial charge >= 0.3 is 0 Å². The van der Waals surface area contributed by atoms with E-state index in [1.165, 1.54) is 0 Å². The lowest BCUT2D eigenvalue weighted by Crippen LogP contribution is -2.56. The molecule has 4 aromatic rings. The second-order valence-corrected chi connectivity index (χ2v) is 17.7. The Kier molecular flexibility index (Phi) is 21.2. The third kappa shape index (κ3) is 16.3. The molecule has 11 atom stereocenters. The number of carbonyl (C=O) groups excluding carboxylic acids is 2. The number of ether oxygens (including phenoxy) is 4. The van der Waals surface area contributed by atoms with E-state index in [2.05, 4.69) is 30.9 Å². The summed E-state index contributed by atoms with van der Waals surface area (Å²) in [5.74, 6) is -1.12. The quantitative estimate of drug-likeness (QED) is 0.0133. The topological polar surface area (TPSA) is 348 Å². The number of unbranched alkanes of at least 4 members (excludes halogenated alkanes) is 1. The van der Waals surface area contributed by atoms with Gasteiger partial charge in [-0.1, -0.05) is 96.5 Å². The average Bonchev–Trinajstić information content (AvgIpc) is 3.37. The predicted molar refractivity (Wildman–Crippen MR) is 261 cm³/mol. The van der Waals surface area contributed by atoms with Crippen molar-refractivity contribution in [3.05, 3.63) is 118 Å². The number of aryl methyl sites for hydroxylation is 1. The molecule has 22 nitrogen and oxygen atoms in total. The lowest BCUT2D eigenvalue weighted by Gasteiger charge is -2.40. The van der Waals surface area contributed by atoms with Gasteiger partial charge in [0.2, 0.25) is 6.41 Å². The Hall–Kier alpha value is -5.44. The van der Waals surface area contributed by atoms with Crippen LogP contribution in [0.1, 0.15) is 64.6 Å². The molecule has 0 aliphatic carbocycles. The second kappa shape index (κ2) is 27.4. The fourth-order valence-electron chi connectivity index (χ4n) is 8.13. The first-order chi connectivity index (χ1) is 34.2. The highest BCUT2D eigenvalue weighted by molar-refractivity contribution is 6.31. The van der Waals surface area contributed by atoms with Crippen LogP contribution in [0.3, 0.4) is 0 Å². The Morgan fingerprint density at radius 3 is 1.89 bits per heavy atom. The number of aliphatic hydroxyl groups excluding tert-OH is 6. The van der Waals surface area contributed by atoms with Crippen molar-refractivity contribution in [1.82, 2.24) is 30.8 Å². The number of amides is 2. The molecular formula is C48H65ClN10O12. The van der Waals surface area contributed by atoms with Crippen molar-refractivity contribution in [2.45, 2.75) is 99.7 Å². The smallest absolute Gasteiger partial charge is 0.280 e.